The Kier molecular flexibility index (Phi) is 3.18. The van der Waals surface area contributed by atoms with E-state index >= 15 is 0 Å². The first-order chi connectivity index (χ1) is 11.2. The third-order valence-corrected chi connectivity index (χ3v) is 4.12. The molecule has 4 aromatic rings. The van der Waals surface area contributed by atoms with Gasteiger partial charge < -0.3 is 15.7 Å². The molecule has 6 heteroatoms. The smallest absolute Gasteiger partial charge is 0.125 e. The maximum atomic E-state index is 13.7. The zero-order valence-electron chi connectivity index (χ0n) is 11.7. The van der Waals surface area contributed by atoms with Crippen molar-refractivity contribution in [2.75, 3.05) is 5.48 Å². The molecule has 0 saturated heterocycles. The number of H-pyrrole nitrogens is 1. The van der Waals surface area contributed by atoms with Gasteiger partial charge in [-0.15, -0.1) is 0 Å². The largest absolute Gasteiger partial charge is 0.761 e. The van der Waals surface area contributed by atoms with Crippen molar-refractivity contribution in [1.29, 1.82) is 0 Å². The molecule has 0 atom stereocenters. The van der Waals surface area contributed by atoms with Crippen LogP contribution in [0.2, 0.25) is 5.02 Å². The zero-order chi connectivity index (χ0) is 16.0. The van der Waals surface area contributed by atoms with Gasteiger partial charge in [-0.2, -0.15) is 0 Å². The van der Waals surface area contributed by atoms with E-state index < -0.39 is 5.82 Å². The van der Waals surface area contributed by atoms with E-state index in [0.717, 1.165) is 10.9 Å². The van der Waals surface area contributed by atoms with Crippen LogP contribution in [0.5, 0.6) is 0 Å². The second-order valence-electron chi connectivity index (χ2n) is 5.18. The van der Waals surface area contributed by atoms with E-state index in [9.17, 15) is 9.60 Å². The van der Waals surface area contributed by atoms with Crippen LogP contribution in [0, 0.1) is 11.0 Å². The summed E-state index contributed by atoms with van der Waals surface area (Å²) in [7, 11) is 0. The second kappa shape index (κ2) is 5.22. The third-order valence-electron chi connectivity index (χ3n) is 3.82. The highest BCUT2D eigenvalue weighted by atomic mass is 35.5. The van der Waals surface area contributed by atoms with Crippen LogP contribution in [0.1, 0.15) is 0 Å². The van der Waals surface area contributed by atoms with Gasteiger partial charge in [0.1, 0.15) is 5.82 Å². The lowest BCUT2D eigenvalue weighted by molar-refractivity contribution is 0.630. The summed E-state index contributed by atoms with van der Waals surface area (Å²) in [6, 6.07) is 11.6. The molecular formula is C17H10ClFN3O-. The topological polar surface area (TPSA) is 63.8 Å². The lowest BCUT2D eigenvalue weighted by atomic mass is 10.1. The number of fused-ring (bicyclic) bond motifs is 2. The first kappa shape index (κ1) is 14.0. The summed E-state index contributed by atoms with van der Waals surface area (Å²) >= 11 is 6.06. The predicted octanol–water partition coefficient (Wildman–Crippen LogP) is 5.09. The number of aromatic amines is 1. The fourth-order valence-electron chi connectivity index (χ4n) is 2.76. The normalized spacial score (nSPS) is 11.3. The molecule has 4 nitrogen and oxygen atoms in total. The van der Waals surface area contributed by atoms with E-state index in [2.05, 4.69) is 9.97 Å². The number of nitrogens with one attached hydrogen (secondary N) is 2. The average Bonchev–Trinajstić information content (AvgIpc) is 2.97. The highest BCUT2D eigenvalue weighted by Gasteiger charge is 2.12. The average molecular weight is 327 g/mol. The highest BCUT2D eigenvalue weighted by molar-refractivity contribution is 6.35. The zero-order valence-corrected chi connectivity index (χ0v) is 12.5. The molecule has 0 fully saturated rings. The summed E-state index contributed by atoms with van der Waals surface area (Å²) in [4.78, 5) is 7.62. The van der Waals surface area contributed by atoms with E-state index in [0.29, 0.717) is 32.8 Å². The number of hydrogen-bond donors (Lipinski definition) is 2. The van der Waals surface area contributed by atoms with Crippen molar-refractivity contribution in [3.8, 4) is 11.3 Å². The Labute approximate surface area is 135 Å². The molecule has 0 saturated carbocycles. The number of anilines is 1. The van der Waals surface area contributed by atoms with E-state index in [-0.39, 0.29) is 0 Å². The van der Waals surface area contributed by atoms with Gasteiger partial charge in [0.15, 0.2) is 0 Å². The lowest BCUT2D eigenvalue weighted by Gasteiger charge is -2.12. The Hall–Kier alpha value is -2.63. The Morgan fingerprint density at radius 3 is 2.83 bits per heavy atom. The quantitative estimate of drug-likeness (QED) is 0.504. The van der Waals surface area contributed by atoms with Crippen LogP contribution in [0.25, 0.3) is 33.1 Å². The molecule has 2 aromatic heterocycles. The van der Waals surface area contributed by atoms with Crippen molar-refractivity contribution in [2.24, 2.45) is 0 Å². The van der Waals surface area contributed by atoms with Gasteiger partial charge in [-0.05, 0) is 36.4 Å². The summed E-state index contributed by atoms with van der Waals surface area (Å²) in [5.41, 5.74) is 5.15. The van der Waals surface area contributed by atoms with Gasteiger partial charge in [0, 0.05) is 28.2 Å². The molecule has 0 radical (unpaired) electrons. The molecule has 2 N–H and O–H groups in total. The van der Waals surface area contributed by atoms with Crippen molar-refractivity contribution in [3.63, 3.8) is 0 Å². The molecule has 0 bridgehead atoms. The van der Waals surface area contributed by atoms with Crippen LogP contribution in [0.4, 0.5) is 10.1 Å². The van der Waals surface area contributed by atoms with Gasteiger partial charge in [0.25, 0.3) is 0 Å². The van der Waals surface area contributed by atoms with Crippen LogP contribution < -0.4 is 5.48 Å². The second-order valence-corrected chi connectivity index (χ2v) is 5.59. The first-order valence-corrected chi connectivity index (χ1v) is 7.29. The van der Waals surface area contributed by atoms with E-state index in [1.54, 1.807) is 24.4 Å². The standard InChI is InChI=1S/C17H10ClFN3O/c18-13-7-9(19)6-11-12(8-20-17(11)13)15-5-4-10-14(21-15)2-1-3-16(10)22-23/h1-8,20,22H/q-1. The molecule has 2 heterocycles. The molecule has 0 spiro atoms. The van der Waals surface area contributed by atoms with Crippen molar-refractivity contribution >= 4 is 39.1 Å². The fourth-order valence-corrected chi connectivity index (χ4v) is 3.02. The molecule has 0 aliphatic rings. The number of aromatic nitrogens is 2. The van der Waals surface area contributed by atoms with Crippen LogP contribution in [-0.2, 0) is 0 Å². The number of halogens is 2. The Morgan fingerprint density at radius 1 is 1.13 bits per heavy atom. The number of hydrogen-bond acceptors (Lipinski definition) is 3. The summed E-state index contributed by atoms with van der Waals surface area (Å²) in [6.45, 7) is 0. The number of benzene rings is 2. The van der Waals surface area contributed by atoms with Gasteiger partial charge in [0.2, 0.25) is 0 Å². The van der Waals surface area contributed by atoms with Crippen molar-refractivity contribution < 1.29 is 4.39 Å². The number of pyridine rings is 1. The van der Waals surface area contributed by atoms with Gasteiger partial charge in [-0.3, -0.25) is 0 Å². The van der Waals surface area contributed by atoms with Crippen molar-refractivity contribution in [2.45, 2.75) is 0 Å². The maximum absolute atomic E-state index is 13.7. The van der Waals surface area contributed by atoms with E-state index in [1.165, 1.54) is 12.1 Å². The van der Waals surface area contributed by atoms with Crippen LogP contribution >= 0.6 is 11.6 Å². The Morgan fingerprint density at radius 2 is 2.00 bits per heavy atom. The summed E-state index contributed by atoms with van der Waals surface area (Å²) in [5.74, 6) is -0.401. The minimum absolute atomic E-state index is 0.324. The van der Waals surface area contributed by atoms with Gasteiger partial charge >= 0.3 is 0 Å². The maximum Gasteiger partial charge on any atom is 0.125 e. The fraction of sp³-hybridized carbons (Fsp3) is 0. The summed E-state index contributed by atoms with van der Waals surface area (Å²) in [6.07, 6.45) is 1.75. The Balaban J connectivity index is 1.96. The molecule has 114 valence electrons. The van der Waals surface area contributed by atoms with Gasteiger partial charge in [-0.25, -0.2) is 9.37 Å². The molecule has 23 heavy (non-hydrogen) atoms. The van der Waals surface area contributed by atoms with Crippen molar-refractivity contribution in [3.05, 3.63) is 64.7 Å². The van der Waals surface area contributed by atoms with Crippen molar-refractivity contribution in [1.82, 2.24) is 9.97 Å². The first-order valence-electron chi connectivity index (χ1n) is 6.92. The molecule has 2 aromatic carbocycles. The third kappa shape index (κ3) is 2.21. The minimum Gasteiger partial charge on any atom is -0.761 e. The molecule has 0 amide bonds. The van der Waals surface area contributed by atoms with Gasteiger partial charge in [0.05, 0.1) is 21.7 Å². The molecule has 4 rings (SSSR count). The monoisotopic (exact) mass is 326 g/mol. The van der Waals surface area contributed by atoms with Crippen LogP contribution in [-0.4, -0.2) is 9.97 Å². The molecular weight excluding hydrogens is 317 g/mol. The number of rotatable bonds is 2. The molecule has 0 aliphatic heterocycles. The van der Waals surface area contributed by atoms with E-state index in [4.69, 9.17) is 11.6 Å². The Bertz CT molecular complexity index is 1040. The predicted molar refractivity (Wildman–Crippen MR) is 91.0 cm³/mol. The van der Waals surface area contributed by atoms with Gasteiger partial charge in [-0.1, -0.05) is 17.7 Å². The molecule has 0 aliphatic carbocycles. The molecule has 0 unspecified atom stereocenters. The van der Waals surface area contributed by atoms with Crippen LogP contribution in [0.15, 0.2) is 48.7 Å². The highest BCUT2D eigenvalue weighted by Crippen LogP contribution is 2.33. The summed E-state index contributed by atoms with van der Waals surface area (Å²) in [5, 5.41) is 12.7. The van der Waals surface area contributed by atoms with E-state index in [1.807, 2.05) is 17.6 Å². The summed E-state index contributed by atoms with van der Waals surface area (Å²) < 4.78 is 13.7. The minimum atomic E-state index is -0.401. The van der Waals surface area contributed by atoms with Crippen LogP contribution in [0.3, 0.4) is 0 Å². The SMILES string of the molecule is [O-]Nc1cccc2nc(-c3c[nH]c4c(Cl)cc(F)cc34)ccc12. The lowest BCUT2D eigenvalue weighted by Crippen LogP contribution is -1.90. The number of nitrogens with zero attached hydrogens (tertiary/aromatic N) is 1.